The number of ether oxygens (including phenoxy) is 1. The number of benzene rings is 1. The Morgan fingerprint density at radius 2 is 2.12 bits per heavy atom. The summed E-state index contributed by atoms with van der Waals surface area (Å²) in [6.07, 6.45) is 0.833. The van der Waals surface area contributed by atoms with Crippen molar-refractivity contribution in [3.63, 3.8) is 0 Å². The fourth-order valence-electron chi connectivity index (χ4n) is 2.17. The number of nitrogens with one attached hydrogen (secondary N) is 1. The minimum Gasteiger partial charge on any atom is -0.455 e. The number of carbonyl (C=O) groups is 2. The van der Waals surface area contributed by atoms with Gasteiger partial charge in [0.15, 0.2) is 11.7 Å². The second kappa shape index (κ2) is 7.09. The molecule has 1 aromatic heterocycles. The molecule has 126 valence electrons. The van der Waals surface area contributed by atoms with E-state index in [0.29, 0.717) is 26.8 Å². The Kier molecular flexibility index (Phi) is 5.08. The summed E-state index contributed by atoms with van der Waals surface area (Å²) in [5.41, 5.74) is 1.48. The van der Waals surface area contributed by atoms with Crippen molar-refractivity contribution in [2.24, 2.45) is 11.8 Å². The van der Waals surface area contributed by atoms with Crippen LogP contribution < -0.4 is 5.32 Å². The van der Waals surface area contributed by atoms with Gasteiger partial charge in [-0.15, -0.1) is 11.3 Å². The molecule has 0 unspecified atom stereocenters. The highest BCUT2D eigenvalue weighted by Crippen LogP contribution is 2.38. The van der Waals surface area contributed by atoms with Crippen LogP contribution in [-0.4, -0.2) is 23.5 Å². The number of thiazole rings is 1. The third kappa shape index (κ3) is 4.06. The monoisotopic (exact) mass is 384 g/mol. The maximum Gasteiger partial charge on any atom is 0.309 e. The molecule has 1 N–H and O–H groups in total. The number of hydrogen-bond donors (Lipinski definition) is 1. The van der Waals surface area contributed by atoms with Gasteiger partial charge in [-0.2, -0.15) is 0 Å². The number of aromatic nitrogens is 1. The van der Waals surface area contributed by atoms with Crippen LogP contribution in [0.2, 0.25) is 10.0 Å². The molecular formula is C16H14Cl2N2O3S. The van der Waals surface area contributed by atoms with Gasteiger partial charge in [-0.25, -0.2) is 4.98 Å². The highest BCUT2D eigenvalue weighted by molar-refractivity contribution is 7.14. The Hall–Kier alpha value is -1.63. The van der Waals surface area contributed by atoms with Crippen LogP contribution in [0.1, 0.15) is 13.3 Å². The van der Waals surface area contributed by atoms with Gasteiger partial charge in [-0.05, 0) is 24.5 Å². The van der Waals surface area contributed by atoms with Gasteiger partial charge in [0, 0.05) is 10.9 Å². The fraction of sp³-hybridized carbons (Fsp3) is 0.312. The Morgan fingerprint density at radius 3 is 2.79 bits per heavy atom. The molecule has 2 atom stereocenters. The van der Waals surface area contributed by atoms with Gasteiger partial charge in [0.1, 0.15) is 0 Å². The molecule has 0 bridgehead atoms. The minimum atomic E-state index is -0.410. The maximum atomic E-state index is 11.8. The van der Waals surface area contributed by atoms with Crippen molar-refractivity contribution in [1.82, 2.24) is 4.98 Å². The van der Waals surface area contributed by atoms with Crippen molar-refractivity contribution >= 4 is 51.5 Å². The van der Waals surface area contributed by atoms with E-state index < -0.39 is 5.91 Å². The molecule has 1 fully saturated rings. The first-order chi connectivity index (χ1) is 11.4. The summed E-state index contributed by atoms with van der Waals surface area (Å²) < 4.78 is 4.98. The van der Waals surface area contributed by atoms with Crippen LogP contribution in [0.25, 0.3) is 11.3 Å². The summed E-state index contributed by atoms with van der Waals surface area (Å²) in [6, 6.07) is 5.20. The van der Waals surface area contributed by atoms with E-state index in [4.69, 9.17) is 27.9 Å². The molecule has 0 saturated heterocycles. The van der Waals surface area contributed by atoms with Gasteiger partial charge in [-0.1, -0.05) is 36.2 Å². The number of anilines is 1. The molecule has 0 radical (unpaired) electrons. The molecular weight excluding hydrogens is 371 g/mol. The number of halogens is 2. The van der Waals surface area contributed by atoms with Gasteiger partial charge >= 0.3 is 5.97 Å². The van der Waals surface area contributed by atoms with Crippen LogP contribution in [0.5, 0.6) is 0 Å². The second-order valence-corrected chi connectivity index (χ2v) is 7.31. The number of rotatable bonds is 5. The number of amides is 1. The van der Waals surface area contributed by atoms with Gasteiger partial charge in [-0.3, -0.25) is 14.9 Å². The molecule has 1 aliphatic rings. The van der Waals surface area contributed by atoms with E-state index >= 15 is 0 Å². The highest BCUT2D eigenvalue weighted by Gasteiger charge is 2.40. The molecule has 0 spiro atoms. The van der Waals surface area contributed by atoms with E-state index in [1.165, 1.54) is 11.3 Å². The van der Waals surface area contributed by atoms with Crippen LogP contribution in [-0.2, 0) is 14.3 Å². The van der Waals surface area contributed by atoms with Gasteiger partial charge in [0.2, 0.25) is 0 Å². The molecule has 1 saturated carbocycles. The maximum absolute atomic E-state index is 11.8. The normalized spacial score (nSPS) is 19.0. The predicted molar refractivity (Wildman–Crippen MR) is 94.4 cm³/mol. The van der Waals surface area contributed by atoms with E-state index in [0.717, 1.165) is 12.0 Å². The molecule has 1 amide bonds. The standard InChI is InChI=1S/C16H14Cl2N2O3S/c1-8-4-10(8)15(22)23-6-14(21)20-16-19-13(7-24-16)9-2-3-11(17)12(18)5-9/h2-3,5,7-8,10H,4,6H2,1H3,(H,19,20,21)/t8-,10+/m1/s1. The Balaban J connectivity index is 1.56. The first kappa shape index (κ1) is 17.2. The molecule has 8 heteroatoms. The third-order valence-corrected chi connectivity index (χ3v) is 5.22. The van der Waals surface area contributed by atoms with Gasteiger partial charge in [0.05, 0.1) is 21.7 Å². The number of carbonyl (C=O) groups excluding carboxylic acids is 2. The number of hydrogen-bond acceptors (Lipinski definition) is 5. The van der Waals surface area contributed by atoms with E-state index in [2.05, 4.69) is 10.3 Å². The van der Waals surface area contributed by atoms with Crippen LogP contribution in [0.15, 0.2) is 23.6 Å². The lowest BCUT2D eigenvalue weighted by Gasteiger charge is -2.04. The average molecular weight is 385 g/mol. The zero-order valence-electron chi connectivity index (χ0n) is 12.7. The molecule has 5 nitrogen and oxygen atoms in total. The summed E-state index contributed by atoms with van der Waals surface area (Å²) in [6.45, 7) is 1.68. The lowest BCUT2D eigenvalue weighted by molar-refractivity contribution is -0.148. The Bertz CT molecular complexity index is 793. The van der Waals surface area contributed by atoms with Crippen molar-refractivity contribution in [1.29, 1.82) is 0 Å². The second-order valence-electron chi connectivity index (χ2n) is 5.64. The SMILES string of the molecule is C[C@@H]1C[C@@H]1C(=O)OCC(=O)Nc1nc(-c2ccc(Cl)c(Cl)c2)cs1. The lowest BCUT2D eigenvalue weighted by atomic mass is 10.2. The molecule has 1 aliphatic carbocycles. The van der Waals surface area contributed by atoms with E-state index in [9.17, 15) is 9.59 Å². The van der Waals surface area contributed by atoms with Crippen molar-refractivity contribution in [3.05, 3.63) is 33.6 Å². The minimum absolute atomic E-state index is 0.0566. The zero-order chi connectivity index (χ0) is 17.3. The van der Waals surface area contributed by atoms with Crippen LogP contribution in [0.3, 0.4) is 0 Å². The summed E-state index contributed by atoms with van der Waals surface area (Å²) in [5, 5.41) is 5.75. The zero-order valence-corrected chi connectivity index (χ0v) is 15.0. The van der Waals surface area contributed by atoms with E-state index in [1.54, 1.807) is 23.6 Å². The van der Waals surface area contributed by atoms with Crippen LogP contribution in [0, 0.1) is 11.8 Å². The smallest absolute Gasteiger partial charge is 0.309 e. The fourth-order valence-corrected chi connectivity index (χ4v) is 3.20. The molecule has 24 heavy (non-hydrogen) atoms. The Labute approximate surface area is 152 Å². The summed E-state index contributed by atoms with van der Waals surface area (Å²) >= 11 is 13.2. The molecule has 1 aromatic carbocycles. The van der Waals surface area contributed by atoms with Crippen molar-refractivity contribution in [2.75, 3.05) is 11.9 Å². The molecule has 1 heterocycles. The van der Waals surface area contributed by atoms with Gasteiger partial charge < -0.3 is 4.74 Å². The van der Waals surface area contributed by atoms with Crippen LogP contribution >= 0.6 is 34.5 Å². The quantitative estimate of drug-likeness (QED) is 0.782. The predicted octanol–water partition coefficient (Wildman–Crippen LogP) is 4.25. The first-order valence-corrected chi connectivity index (χ1v) is 8.95. The van der Waals surface area contributed by atoms with E-state index in [-0.39, 0.29) is 18.5 Å². The third-order valence-electron chi connectivity index (χ3n) is 3.72. The van der Waals surface area contributed by atoms with Crippen LogP contribution in [0.4, 0.5) is 5.13 Å². The molecule has 2 aromatic rings. The average Bonchev–Trinajstić information content (AvgIpc) is 3.10. The lowest BCUT2D eigenvalue weighted by Crippen LogP contribution is -2.21. The summed E-state index contributed by atoms with van der Waals surface area (Å²) in [4.78, 5) is 27.7. The molecule has 0 aliphatic heterocycles. The largest absolute Gasteiger partial charge is 0.455 e. The Morgan fingerprint density at radius 1 is 1.38 bits per heavy atom. The van der Waals surface area contributed by atoms with Gasteiger partial charge in [0.25, 0.3) is 5.91 Å². The van der Waals surface area contributed by atoms with Crippen molar-refractivity contribution < 1.29 is 14.3 Å². The van der Waals surface area contributed by atoms with E-state index in [1.807, 2.05) is 6.92 Å². The highest BCUT2D eigenvalue weighted by atomic mass is 35.5. The van der Waals surface area contributed by atoms with Crippen molar-refractivity contribution in [3.8, 4) is 11.3 Å². The first-order valence-electron chi connectivity index (χ1n) is 7.31. The number of nitrogens with zero attached hydrogens (tertiary/aromatic N) is 1. The molecule has 3 rings (SSSR count). The topological polar surface area (TPSA) is 68.3 Å². The number of esters is 1. The summed E-state index contributed by atoms with van der Waals surface area (Å²) in [5.74, 6) is -0.424. The summed E-state index contributed by atoms with van der Waals surface area (Å²) in [7, 11) is 0. The van der Waals surface area contributed by atoms with Crippen molar-refractivity contribution in [2.45, 2.75) is 13.3 Å².